The van der Waals surface area contributed by atoms with Gasteiger partial charge in [-0.05, 0) is 55.8 Å². The SMILES string of the molecule is CCOc1cc(/C=N/Nc2nc(-c3ccccc3)c(C)s2)ccc1OC(=O)c1ccc(Cl)cc1Cl. The summed E-state index contributed by atoms with van der Waals surface area (Å²) < 4.78 is 11.2. The van der Waals surface area contributed by atoms with Crippen molar-refractivity contribution in [1.82, 2.24) is 4.98 Å². The largest absolute Gasteiger partial charge is 0.490 e. The summed E-state index contributed by atoms with van der Waals surface area (Å²) in [5.41, 5.74) is 5.93. The molecule has 1 aromatic heterocycles. The van der Waals surface area contributed by atoms with Crippen LogP contribution in [0.2, 0.25) is 10.0 Å². The number of carbonyl (C=O) groups excluding carboxylic acids is 1. The van der Waals surface area contributed by atoms with Crippen LogP contribution >= 0.6 is 34.5 Å². The fourth-order valence-electron chi connectivity index (χ4n) is 3.24. The average Bonchev–Trinajstić information content (AvgIpc) is 3.21. The highest BCUT2D eigenvalue weighted by atomic mass is 35.5. The van der Waals surface area contributed by atoms with Gasteiger partial charge in [0.05, 0.1) is 29.1 Å². The monoisotopic (exact) mass is 525 g/mol. The van der Waals surface area contributed by atoms with E-state index in [2.05, 4.69) is 15.5 Å². The Morgan fingerprint density at radius 3 is 2.63 bits per heavy atom. The summed E-state index contributed by atoms with van der Waals surface area (Å²) in [5.74, 6) is 0.0754. The molecule has 0 fully saturated rings. The van der Waals surface area contributed by atoms with E-state index in [-0.39, 0.29) is 16.3 Å². The number of hydrogen-bond donors (Lipinski definition) is 1. The molecule has 0 unspecified atom stereocenters. The van der Waals surface area contributed by atoms with Crippen molar-refractivity contribution < 1.29 is 14.3 Å². The van der Waals surface area contributed by atoms with Crippen molar-refractivity contribution in [1.29, 1.82) is 0 Å². The van der Waals surface area contributed by atoms with Crippen LogP contribution in [0.1, 0.15) is 27.7 Å². The third kappa shape index (κ3) is 6.19. The van der Waals surface area contributed by atoms with Gasteiger partial charge < -0.3 is 9.47 Å². The Balaban J connectivity index is 1.47. The summed E-state index contributed by atoms with van der Waals surface area (Å²) in [4.78, 5) is 18.3. The molecule has 1 heterocycles. The second-order valence-corrected chi connectivity index (χ2v) is 9.36. The highest BCUT2D eigenvalue weighted by Gasteiger charge is 2.16. The van der Waals surface area contributed by atoms with Gasteiger partial charge >= 0.3 is 5.97 Å². The minimum atomic E-state index is -0.607. The molecule has 0 aliphatic carbocycles. The maximum absolute atomic E-state index is 12.6. The van der Waals surface area contributed by atoms with Crippen LogP contribution in [0.3, 0.4) is 0 Å². The molecule has 0 radical (unpaired) electrons. The average molecular weight is 526 g/mol. The summed E-state index contributed by atoms with van der Waals surface area (Å²) in [5, 5.41) is 5.63. The lowest BCUT2D eigenvalue weighted by Crippen LogP contribution is -2.10. The number of nitrogens with one attached hydrogen (secondary N) is 1. The number of anilines is 1. The van der Waals surface area contributed by atoms with Gasteiger partial charge in [0.2, 0.25) is 5.13 Å². The molecule has 4 rings (SSSR count). The van der Waals surface area contributed by atoms with E-state index in [0.717, 1.165) is 21.7 Å². The number of rotatable bonds is 8. The molecule has 6 nitrogen and oxygen atoms in total. The summed E-state index contributed by atoms with van der Waals surface area (Å²) >= 11 is 13.6. The number of ether oxygens (including phenoxy) is 2. The van der Waals surface area contributed by atoms with E-state index in [0.29, 0.717) is 22.5 Å². The number of aromatic nitrogens is 1. The number of esters is 1. The molecule has 178 valence electrons. The highest BCUT2D eigenvalue weighted by molar-refractivity contribution is 7.16. The highest BCUT2D eigenvalue weighted by Crippen LogP contribution is 2.31. The van der Waals surface area contributed by atoms with Gasteiger partial charge in [-0.2, -0.15) is 5.10 Å². The third-order valence-corrected chi connectivity index (χ3v) is 6.26. The quantitative estimate of drug-likeness (QED) is 0.111. The number of halogens is 2. The summed E-state index contributed by atoms with van der Waals surface area (Å²) in [6, 6.07) is 19.7. The fraction of sp³-hybridized carbons (Fsp3) is 0.115. The number of thiazole rings is 1. The van der Waals surface area contributed by atoms with Crippen molar-refractivity contribution in [3.05, 3.63) is 92.8 Å². The molecule has 1 N–H and O–H groups in total. The van der Waals surface area contributed by atoms with Gasteiger partial charge in [0.25, 0.3) is 0 Å². The van der Waals surface area contributed by atoms with Gasteiger partial charge in [-0.25, -0.2) is 9.78 Å². The molecule has 0 saturated carbocycles. The fourth-order valence-corrected chi connectivity index (χ4v) is 4.51. The molecule has 3 aromatic carbocycles. The first-order valence-corrected chi connectivity index (χ1v) is 12.3. The van der Waals surface area contributed by atoms with Crippen LogP contribution in [0.25, 0.3) is 11.3 Å². The molecule has 0 bridgehead atoms. The lowest BCUT2D eigenvalue weighted by molar-refractivity contribution is 0.0728. The molecular formula is C26H21Cl2N3O3S. The van der Waals surface area contributed by atoms with Gasteiger partial charge in [0.15, 0.2) is 11.5 Å². The minimum Gasteiger partial charge on any atom is -0.490 e. The number of carbonyl (C=O) groups is 1. The Hall–Kier alpha value is -3.39. The molecule has 9 heteroatoms. The Labute approximate surface area is 217 Å². The minimum absolute atomic E-state index is 0.210. The van der Waals surface area contributed by atoms with E-state index >= 15 is 0 Å². The molecule has 0 saturated heterocycles. The maximum atomic E-state index is 12.6. The van der Waals surface area contributed by atoms with Crippen LogP contribution in [-0.4, -0.2) is 23.8 Å². The molecule has 0 aliphatic rings. The van der Waals surface area contributed by atoms with Crippen LogP contribution < -0.4 is 14.9 Å². The smallest absolute Gasteiger partial charge is 0.345 e. The molecule has 35 heavy (non-hydrogen) atoms. The van der Waals surface area contributed by atoms with Crippen LogP contribution in [0.4, 0.5) is 5.13 Å². The lowest BCUT2D eigenvalue weighted by Gasteiger charge is -2.12. The first kappa shape index (κ1) is 24.7. The Bertz CT molecular complexity index is 1370. The third-order valence-electron chi connectivity index (χ3n) is 4.84. The first-order chi connectivity index (χ1) is 16.9. The first-order valence-electron chi connectivity index (χ1n) is 10.7. The van der Waals surface area contributed by atoms with Crippen molar-refractivity contribution in [3.8, 4) is 22.8 Å². The summed E-state index contributed by atoms with van der Waals surface area (Å²) in [6.07, 6.45) is 1.64. The van der Waals surface area contributed by atoms with E-state index < -0.39 is 5.97 Å². The Morgan fingerprint density at radius 1 is 1.09 bits per heavy atom. The normalized spacial score (nSPS) is 11.0. The zero-order chi connectivity index (χ0) is 24.8. The van der Waals surface area contributed by atoms with Crippen molar-refractivity contribution >= 4 is 51.9 Å². The van der Waals surface area contributed by atoms with Crippen LogP contribution in [0, 0.1) is 6.92 Å². The number of hydrogen-bond acceptors (Lipinski definition) is 7. The molecule has 4 aromatic rings. The van der Waals surface area contributed by atoms with Crippen molar-refractivity contribution in [2.45, 2.75) is 13.8 Å². The second-order valence-electron chi connectivity index (χ2n) is 7.31. The van der Waals surface area contributed by atoms with Gasteiger partial charge in [0, 0.05) is 15.5 Å². The lowest BCUT2D eigenvalue weighted by atomic mass is 10.1. The zero-order valence-electron chi connectivity index (χ0n) is 18.9. The zero-order valence-corrected chi connectivity index (χ0v) is 21.2. The van der Waals surface area contributed by atoms with Crippen LogP contribution in [0.5, 0.6) is 11.5 Å². The Morgan fingerprint density at radius 2 is 1.89 bits per heavy atom. The van der Waals surface area contributed by atoms with E-state index in [4.69, 9.17) is 32.7 Å². The predicted molar refractivity (Wildman–Crippen MR) is 143 cm³/mol. The van der Waals surface area contributed by atoms with E-state index in [9.17, 15) is 4.79 Å². The van der Waals surface area contributed by atoms with Gasteiger partial charge in [0.1, 0.15) is 0 Å². The molecule has 0 aliphatic heterocycles. The molecule has 0 amide bonds. The van der Waals surface area contributed by atoms with E-state index in [1.165, 1.54) is 23.5 Å². The summed E-state index contributed by atoms with van der Waals surface area (Å²) in [6.45, 7) is 4.27. The number of aryl methyl sites for hydroxylation is 1. The second kappa shape index (κ2) is 11.4. The number of hydrazone groups is 1. The standard InChI is InChI=1S/C26H21Cl2N3O3S/c1-3-33-23-13-17(9-12-22(23)34-25(32)20-11-10-19(27)14-21(20)28)15-29-31-26-30-24(16(2)35-26)18-7-5-4-6-8-18/h4-15H,3H2,1-2H3,(H,30,31)/b29-15+. The van der Waals surface area contributed by atoms with E-state index in [1.807, 2.05) is 44.2 Å². The number of benzene rings is 3. The van der Waals surface area contributed by atoms with E-state index in [1.54, 1.807) is 30.5 Å². The van der Waals surface area contributed by atoms with Crippen molar-refractivity contribution in [3.63, 3.8) is 0 Å². The predicted octanol–water partition coefficient (Wildman–Crippen LogP) is 7.49. The van der Waals surface area contributed by atoms with Crippen LogP contribution in [0.15, 0.2) is 71.8 Å². The van der Waals surface area contributed by atoms with Crippen molar-refractivity contribution in [2.75, 3.05) is 12.0 Å². The van der Waals surface area contributed by atoms with Gasteiger partial charge in [-0.1, -0.05) is 53.5 Å². The van der Waals surface area contributed by atoms with Crippen molar-refractivity contribution in [2.24, 2.45) is 5.10 Å². The Kier molecular flexibility index (Phi) is 8.02. The topological polar surface area (TPSA) is 72.8 Å². The van der Waals surface area contributed by atoms with Gasteiger partial charge in [-0.3, -0.25) is 5.43 Å². The molecule has 0 spiro atoms. The number of nitrogens with zero attached hydrogens (tertiary/aromatic N) is 2. The van der Waals surface area contributed by atoms with Gasteiger partial charge in [-0.15, -0.1) is 11.3 Å². The van der Waals surface area contributed by atoms with Crippen LogP contribution in [-0.2, 0) is 0 Å². The molecule has 0 atom stereocenters. The summed E-state index contributed by atoms with van der Waals surface area (Å²) in [7, 11) is 0. The molecular weight excluding hydrogens is 505 g/mol. The maximum Gasteiger partial charge on any atom is 0.345 e.